The lowest BCUT2D eigenvalue weighted by atomic mass is 10.0. The number of allylic oxidation sites excluding steroid dienone is 1. The van der Waals surface area contributed by atoms with E-state index >= 15 is 0 Å². The van der Waals surface area contributed by atoms with Crippen molar-refractivity contribution in [2.75, 3.05) is 12.4 Å². The van der Waals surface area contributed by atoms with E-state index in [1.54, 1.807) is 37.7 Å². The quantitative estimate of drug-likeness (QED) is 0.420. The molecule has 1 aromatic heterocycles. The maximum atomic E-state index is 9.44. The zero-order valence-electron chi connectivity index (χ0n) is 17.1. The highest BCUT2D eigenvalue weighted by atomic mass is 35.5. The molecule has 0 aliphatic heterocycles. The number of nitrogens with zero attached hydrogens (tertiary/aromatic N) is 4. The van der Waals surface area contributed by atoms with E-state index in [4.69, 9.17) is 22.1 Å². The summed E-state index contributed by atoms with van der Waals surface area (Å²) in [5.41, 5.74) is 9.39. The third-order valence-corrected chi connectivity index (χ3v) is 4.62. The number of ether oxygens (including phenoxy) is 1. The number of aliphatic imine (C=N–C) groups is 1. The van der Waals surface area contributed by atoms with Gasteiger partial charge in [0, 0.05) is 34.7 Å². The average molecular weight is 433 g/mol. The van der Waals surface area contributed by atoms with Gasteiger partial charge < -0.3 is 20.4 Å². The fraction of sp³-hybridized carbons (Fsp3) is 0.0870. The number of aryl methyl sites for hydroxylation is 1. The molecule has 0 atom stereocenters. The lowest BCUT2D eigenvalue weighted by Gasteiger charge is -2.13. The number of nitriles is 1. The van der Waals surface area contributed by atoms with Crippen molar-refractivity contribution >= 4 is 23.0 Å². The average Bonchev–Trinajstić information content (AvgIpc) is 3.20. The number of rotatable bonds is 7. The van der Waals surface area contributed by atoms with Gasteiger partial charge in [-0.3, -0.25) is 0 Å². The topological polar surface area (TPSA) is 101 Å². The van der Waals surface area contributed by atoms with Crippen molar-refractivity contribution in [3.05, 3.63) is 95.4 Å². The zero-order valence-corrected chi connectivity index (χ0v) is 17.9. The predicted molar refractivity (Wildman–Crippen MR) is 123 cm³/mol. The molecule has 0 saturated heterocycles. The van der Waals surface area contributed by atoms with E-state index in [0.29, 0.717) is 27.9 Å². The second-order valence-electron chi connectivity index (χ2n) is 6.54. The molecule has 3 N–H and O–H groups in total. The molecule has 0 bridgehead atoms. The summed E-state index contributed by atoms with van der Waals surface area (Å²) in [5.74, 6) is 0.976. The molecule has 0 unspecified atom stereocenters. The van der Waals surface area contributed by atoms with Gasteiger partial charge in [0.05, 0.1) is 36.1 Å². The lowest BCUT2D eigenvalue weighted by molar-refractivity contribution is 0.413. The Labute approximate surface area is 185 Å². The number of benzene rings is 2. The minimum absolute atomic E-state index is 0.216. The maximum Gasteiger partial charge on any atom is 0.144 e. The molecule has 8 heteroatoms. The number of aromatic nitrogens is 2. The van der Waals surface area contributed by atoms with Gasteiger partial charge in [0.25, 0.3) is 0 Å². The number of hydrogen-bond acceptors (Lipinski definition) is 6. The van der Waals surface area contributed by atoms with Gasteiger partial charge in [0.15, 0.2) is 0 Å². The molecule has 1 heterocycles. The number of nitrogens with two attached hydrogens (primary N) is 1. The lowest BCUT2D eigenvalue weighted by Crippen LogP contribution is -2.09. The van der Waals surface area contributed by atoms with Gasteiger partial charge >= 0.3 is 0 Å². The van der Waals surface area contributed by atoms with Gasteiger partial charge in [0.2, 0.25) is 0 Å². The van der Waals surface area contributed by atoms with Gasteiger partial charge in [-0.25, -0.2) is 9.98 Å². The van der Waals surface area contributed by atoms with E-state index < -0.39 is 0 Å². The third kappa shape index (κ3) is 5.13. The summed E-state index contributed by atoms with van der Waals surface area (Å²) in [5, 5.41) is 13.1. The first kappa shape index (κ1) is 21.7. The monoisotopic (exact) mass is 432 g/mol. The van der Waals surface area contributed by atoms with Crippen LogP contribution >= 0.6 is 11.6 Å². The predicted octanol–water partition coefficient (Wildman–Crippen LogP) is 4.58. The van der Waals surface area contributed by atoms with Crippen LogP contribution in [0.1, 0.15) is 11.3 Å². The summed E-state index contributed by atoms with van der Waals surface area (Å²) in [4.78, 5) is 8.74. The van der Waals surface area contributed by atoms with Crippen LogP contribution in [0.4, 0.5) is 5.69 Å². The summed E-state index contributed by atoms with van der Waals surface area (Å²) in [6.45, 7) is 5.89. The Bertz CT molecular complexity index is 1200. The largest absolute Gasteiger partial charge is 0.494 e. The first-order chi connectivity index (χ1) is 14.9. The molecule has 2 aromatic carbocycles. The molecule has 0 aliphatic carbocycles. The summed E-state index contributed by atoms with van der Waals surface area (Å²) in [7, 11) is 1.60. The highest BCUT2D eigenvalue weighted by Crippen LogP contribution is 2.27. The standard InChI is InChI=1S/C23H21ClN6O/c1-15-13-30(14-27-15)21-9-8-20(10-22(21)31-3)28-16(2)29-23(18(11-25)12-26)17-4-6-19(24)7-5-17/h4-11,13-14,28H,2,25H2,1,3H3/b18-11-,29-23-. The molecule has 0 fully saturated rings. The summed E-state index contributed by atoms with van der Waals surface area (Å²) in [6, 6.07) is 14.6. The fourth-order valence-electron chi connectivity index (χ4n) is 2.91. The molecular weight excluding hydrogens is 412 g/mol. The molecule has 7 nitrogen and oxygen atoms in total. The van der Waals surface area contributed by atoms with Crippen molar-refractivity contribution in [2.45, 2.75) is 6.92 Å². The Balaban J connectivity index is 1.90. The molecule has 0 aliphatic rings. The van der Waals surface area contributed by atoms with Crippen LogP contribution in [-0.2, 0) is 0 Å². The van der Waals surface area contributed by atoms with E-state index in [9.17, 15) is 5.26 Å². The Morgan fingerprint density at radius 1 is 1.32 bits per heavy atom. The molecule has 3 rings (SSSR count). The highest BCUT2D eigenvalue weighted by Gasteiger charge is 2.12. The SMILES string of the molecule is C=C(/N=C(\C(C#N)=C/N)c1ccc(Cl)cc1)Nc1ccc(-n2cnc(C)c2)c(OC)c1. The molecule has 0 saturated carbocycles. The van der Waals surface area contributed by atoms with Crippen LogP contribution in [0, 0.1) is 18.3 Å². The normalized spacial score (nSPS) is 11.7. The zero-order chi connectivity index (χ0) is 22.4. The van der Waals surface area contributed by atoms with Crippen molar-refractivity contribution in [1.29, 1.82) is 5.26 Å². The molecular formula is C23H21ClN6O. The van der Waals surface area contributed by atoms with E-state index in [-0.39, 0.29) is 5.57 Å². The number of nitrogens with one attached hydrogen (secondary N) is 1. The highest BCUT2D eigenvalue weighted by molar-refractivity contribution is 6.30. The van der Waals surface area contributed by atoms with Gasteiger partial charge in [0.1, 0.15) is 17.6 Å². The third-order valence-electron chi connectivity index (χ3n) is 4.36. The second kappa shape index (κ2) is 9.65. The number of methoxy groups -OCH3 is 1. The summed E-state index contributed by atoms with van der Waals surface area (Å²) in [6.07, 6.45) is 4.85. The minimum Gasteiger partial charge on any atom is -0.494 e. The first-order valence-electron chi connectivity index (χ1n) is 9.27. The number of halogens is 1. The molecule has 0 radical (unpaired) electrons. The van der Waals surface area contributed by atoms with Crippen molar-refractivity contribution in [3.8, 4) is 17.5 Å². The van der Waals surface area contributed by atoms with Gasteiger partial charge in [-0.2, -0.15) is 5.26 Å². The smallest absolute Gasteiger partial charge is 0.144 e. The van der Waals surface area contributed by atoms with Gasteiger partial charge in [-0.15, -0.1) is 0 Å². The maximum absolute atomic E-state index is 9.44. The first-order valence-corrected chi connectivity index (χ1v) is 9.65. The number of imidazole rings is 1. The van der Waals surface area contributed by atoms with Crippen molar-refractivity contribution in [1.82, 2.24) is 9.55 Å². The summed E-state index contributed by atoms with van der Waals surface area (Å²) >= 11 is 5.97. The molecule has 0 spiro atoms. The second-order valence-corrected chi connectivity index (χ2v) is 6.98. The van der Waals surface area contributed by atoms with Gasteiger partial charge in [-0.1, -0.05) is 30.3 Å². The van der Waals surface area contributed by atoms with E-state index in [0.717, 1.165) is 17.1 Å². The molecule has 31 heavy (non-hydrogen) atoms. The van der Waals surface area contributed by atoms with Crippen LogP contribution < -0.4 is 15.8 Å². The van der Waals surface area contributed by atoms with Crippen molar-refractivity contribution in [3.63, 3.8) is 0 Å². The van der Waals surface area contributed by atoms with Crippen LogP contribution in [-0.4, -0.2) is 22.4 Å². The number of hydrogen-bond donors (Lipinski definition) is 2. The minimum atomic E-state index is 0.216. The Kier molecular flexibility index (Phi) is 6.75. The summed E-state index contributed by atoms with van der Waals surface area (Å²) < 4.78 is 7.41. The van der Waals surface area contributed by atoms with Gasteiger partial charge in [-0.05, 0) is 31.2 Å². The van der Waals surface area contributed by atoms with E-state index in [1.807, 2.05) is 35.9 Å². The van der Waals surface area contributed by atoms with Crippen LogP contribution in [0.5, 0.6) is 5.75 Å². The van der Waals surface area contributed by atoms with Crippen LogP contribution in [0.15, 0.2) is 84.2 Å². The van der Waals surface area contributed by atoms with E-state index in [1.165, 1.54) is 6.20 Å². The van der Waals surface area contributed by atoms with E-state index in [2.05, 4.69) is 27.9 Å². The Morgan fingerprint density at radius 3 is 2.65 bits per heavy atom. The Morgan fingerprint density at radius 2 is 2.06 bits per heavy atom. The van der Waals surface area contributed by atoms with Crippen LogP contribution in [0.3, 0.4) is 0 Å². The number of anilines is 1. The van der Waals surface area contributed by atoms with Crippen LogP contribution in [0.25, 0.3) is 5.69 Å². The molecule has 3 aromatic rings. The Hall–Kier alpha value is -4.02. The van der Waals surface area contributed by atoms with Crippen LogP contribution in [0.2, 0.25) is 5.02 Å². The van der Waals surface area contributed by atoms with Crippen molar-refractivity contribution in [2.24, 2.45) is 10.7 Å². The molecule has 0 amide bonds. The fourth-order valence-corrected chi connectivity index (χ4v) is 3.03. The van der Waals surface area contributed by atoms with Crippen molar-refractivity contribution < 1.29 is 4.74 Å². The molecule has 156 valence electrons.